The number of nitrogens with one attached hydrogen (secondary N) is 1. The first-order chi connectivity index (χ1) is 10.7. The Bertz CT molecular complexity index is 706. The van der Waals surface area contributed by atoms with Crippen molar-refractivity contribution in [2.24, 2.45) is 0 Å². The number of anilines is 2. The van der Waals surface area contributed by atoms with Crippen LogP contribution in [0, 0.1) is 12.7 Å². The Morgan fingerprint density at radius 3 is 2.22 bits per heavy atom. The van der Waals surface area contributed by atoms with Gasteiger partial charge in [0.1, 0.15) is 5.82 Å². The van der Waals surface area contributed by atoms with Gasteiger partial charge in [0.05, 0.1) is 5.41 Å². The molecule has 23 heavy (non-hydrogen) atoms. The zero-order valence-corrected chi connectivity index (χ0v) is 14.3. The van der Waals surface area contributed by atoms with Gasteiger partial charge in [0.25, 0.3) is 0 Å². The molecule has 0 saturated heterocycles. The van der Waals surface area contributed by atoms with Crippen molar-refractivity contribution in [3.8, 4) is 0 Å². The van der Waals surface area contributed by atoms with Crippen molar-refractivity contribution in [3.05, 3.63) is 59.4 Å². The highest BCUT2D eigenvalue weighted by Crippen LogP contribution is 2.27. The van der Waals surface area contributed by atoms with Gasteiger partial charge in [-0.3, -0.25) is 4.79 Å². The van der Waals surface area contributed by atoms with Gasteiger partial charge >= 0.3 is 0 Å². The van der Waals surface area contributed by atoms with Gasteiger partial charge in [-0.05, 0) is 62.2 Å². The second-order valence-electron chi connectivity index (χ2n) is 6.48. The highest BCUT2D eigenvalue weighted by atomic mass is 19.1. The lowest BCUT2D eigenvalue weighted by atomic mass is 9.83. The molecule has 0 saturated carbocycles. The van der Waals surface area contributed by atoms with E-state index >= 15 is 0 Å². The van der Waals surface area contributed by atoms with Crippen LogP contribution >= 0.6 is 0 Å². The normalized spacial score (nSPS) is 11.2. The Balaban J connectivity index is 2.20. The topological polar surface area (TPSA) is 32.3 Å². The number of aryl methyl sites for hydroxylation is 1. The van der Waals surface area contributed by atoms with Gasteiger partial charge in [-0.2, -0.15) is 0 Å². The van der Waals surface area contributed by atoms with Crippen LogP contribution in [-0.4, -0.2) is 20.0 Å². The van der Waals surface area contributed by atoms with Crippen molar-refractivity contribution in [1.82, 2.24) is 0 Å². The summed E-state index contributed by atoms with van der Waals surface area (Å²) >= 11 is 0. The van der Waals surface area contributed by atoms with Crippen molar-refractivity contribution in [2.45, 2.75) is 26.2 Å². The maximum absolute atomic E-state index is 13.1. The van der Waals surface area contributed by atoms with Gasteiger partial charge in [0, 0.05) is 25.5 Å². The Morgan fingerprint density at radius 1 is 1.09 bits per heavy atom. The standard InChI is InChI=1S/C19H23FN2O/c1-13-12-16(10-11-17(13)22(4)5)21-18(23)19(2,3)14-6-8-15(20)9-7-14/h6-12H,1-5H3,(H,21,23). The minimum absolute atomic E-state index is 0.124. The number of hydrogen-bond donors (Lipinski definition) is 1. The van der Waals surface area contributed by atoms with Crippen molar-refractivity contribution < 1.29 is 9.18 Å². The fraction of sp³-hybridized carbons (Fsp3) is 0.316. The maximum atomic E-state index is 13.1. The highest BCUT2D eigenvalue weighted by Gasteiger charge is 2.29. The van der Waals surface area contributed by atoms with Gasteiger partial charge in [-0.1, -0.05) is 12.1 Å². The molecule has 0 bridgehead atoms. The largest absolute Gasteiger partial charge is 0.377 e. The van der Waals surface area contributed by atoms with Gasteiger partial charge in [-0.25, -0.2) is 4.39 Å². The van der Waals surface area contributed by atoms with Gasteiger partial charge < -0.3 is 10.2 Å². The molecule has 2 aromatic carbocycles. The Morgan fingerprint density at radius 2 is 1.70 bits per heavy atom. The molecule has 0 aromatic heterocycles. The Hall–Kier alpha value is -2.36. The first-order valence-electron chi connectivity index (χ1n) is 7.57. The molecule has 0 aliphatic carbocycles. The van der Waals surface area contributed by atoms with E-state index in [-0.39, 0.29) is 11.7 Å². The van der Waals surface area contributed by atoms with Crippen LogP contribution in [0.4, 0.5) is 15.8 Å². The lowest BCUT2D eigenvalue weighted by molar-refractivity contribution is -0.120. The van der Waals surface area contributed by atoms with Crippen LogP contribution in [0.1, 0.15) is 25.0 Å². The minimum Gasteiger partial charge on any atom is -0.377 e. The summed E-state index contributed by atoms with van der Waals surface area (Å²) in [6, 6.07) is 11.9. The maximum Gasteiger partial charge on any atom is 0.234 e. The number of amides is 1. The van der Waals surface area contributed by atoms with Crippen LogP contribution in [-0.2, 0) is 10.2 Å². The van der Waals surface area contributed by atoms with Crippen LogP contribution in [0.2, 0.25) is 0 Å². The smallest absolute Gasteiger partial charge is 0.234 e. The summed E-state index contributed by atoms with van der Waals surface area (Å²) in [6.45, 7) is 5.67. The van der Waals surface area contributed by atoms with Gasteiger partial charge in [-0.15, -0.1) is 0 Å². The van der Waals surface area contributed by atoms with Gasteiger partial charge in [0.15, 0.2) is 0 Å². The van der Waals surface area contributed by atoms with Crippen molar-refractivity contribution in [1.29, 1.82) is 0 Å². The van der Waals surface area contributed by atoms with Crippen LogP contribution in [0.25, 0.3) is 0 Å². The number of benzene rings is 2. The molecular formula is C19H23FN2O. The molecule has 122 valence electrons. The van der Waals surface area contributed by atoms with Crippen molar-refractivity contribution in [2.75, 3.05) is 24.3 Å². The van der Waals surface area contributed by atoms with Crippen LogP contribution in [0.5, 0.6) is 0 Å². The lowest BCUT2D eigenvalue weighted by Crippen LogP contribution is -2.34. The summed E-state index contributed by atoms with van der Waals surface area (Å²) in [4.78, 5) is 14.7. The van der Waals surface area contributed by atoms with Crippen LogP contribution in [0.3, 0.4) is 0 Å². The quantitative estimate of drug-likeness (QED) is 0.921. The molecule has 0 spiro atoms. The van der Waals surface area contributed by atoms with Crippen molar-refractivity contribution >= 4 is 17.3 Å². The number of halogens is 1. The minimum atomic E-state index is -0.748. The van der Waals surface area contributed by atoms with Gasteiger partial charge in [0.2, 0.25) is 5.91 Å². The summed E-state index contributed by atoms with van der Waals surface area (Å²) in [5, 5.41) is 2.95. The first kappa shape index (κ1) is 17.0. The average molecular weight is 314 g/mol. The Kier molecular flexibility index (Phi) is 4.73. The molecule has 0 unspecified atom stereocenters. The fourth-order valence-corrected chi connectivity index (χ4v) is 2.52. The summed E-state index contributed by atoms with van der Waals surface area (Å²) in [5.74, 6) is -0.430. The number of rotatable bonds is 4. The van der Waals surface area contributed by atoms with E-state index in [1.165, 1.54) is 12.1 Å². The monoisotopic (exact) mass is 314 g/mol. The molecule has 3 nitrogen and oxygen atoms in total. The molecule has 0 heterocycles. The second kappa shape index (κ2) is 6.41. The third-order valence-corrected chi connectivity index (χ3v) is 4.07. The number of nitrogens with zero attached hydrogens (tertiary/aromatic N) is 1. The molecule has 0 aliphatic heterocycles. The van der Waals surface area contributed by atoms with E-state index in [0.717, 1.165) is 22.5 Å². The molecule has 4 heteroatoms. The number of hydrogen-bond acceptors (Lipinski definition) is 2. The molecular weight excluding hydrogens is 291 g/mol. The zero-order chi connectivity index (χ0) is 17.2. The lowest BCUT2D eigenvalue weighted by Gasteiger charge is -2.25. The zero-order valence-electron chi connectivity index (χ0n) is 14.3. The van der Waals surface area contributed by atoms with Crippen LogP contribution < -0.4 is 10.2 Å². The van der Waals surface area contributed by atoms with E-state index in [2.05, 4.69) is 5.32 Å². The predicted octanol–water partition coefficient (Wildman–Crippen LogP) is 4.12. The third kappa shape index (κ3) is 3.70. The van der Waals surface area contributed by atoms with E-state index < -0.39 is 5.41 Å². The average Bonchev–Trinajstić information content (AvgIpc) is 2.47. The molecule has 0 aliphatic rings. The summed E-state index contributed by atoms with van der Waals surface area (Å²) in [7, 11) is 3.97. The van der Waals surface area contributed by atoms with E-state index in [4.69, 9.17) is 0 Å². The van der Waals surface area contributed by atoms with E-state index in [1.807, 2.05) is 58.0 Å². The third-order valence-electron chi connectivity index (χ3n) is 4.07. The summed E-state index contributed by atoms with van der Waals surface area (Å²) < 4.78 is 13.1. The molecule has 0 radical (unpaired) electrons. The summed E-state index contributed by atoms with van der Waals surface area (Å²) in [5.41, 5.74) is 2.99. The molecule has 1 amide bonds. The number of carbonyl (C=O) groups is 1. The molecule has 0 atom stereocenters. The summed E-state index contributed by atoms with van der Waals surface area (Å²) in [6.07, 6.45) is 0. The van der Waals surface area contributed by atoms with E-state index in [1.54, 1.807) is 12.1 Å². The van der Waals surface area contributed by atoms with E-state index in [9.17, 15) is 9.18 Å². The van der Waals surface area contributed by atoms with E-state index in [0.29, 0.717) is 0 Å². The molecule has 2 rings (SSSR count). The van der Waals surface area contributed by atoms with Crippen molar-refractivity contribution in [3.63, 3.8) is 0 Å². The second-order valence-corrected chi connectivity index (χ2v) is 6.48. The molecule has 0 fully saturated rings. The fourth-order valence-electron chi connectivity index (χ4n) is 2.52. The SMILES string of the molecule is Cc1cc(NC(=O)C(C)(C)c2ccc(F)cc2)ccc1N(C)C. The van der Waals surface area contributed by atoms with Crippen LogP contribution in [0.15, 0.2) is 42.5 Å². The Labute approximate surface area is 137 Å². The molecule has 2 aromatic rings. The molecule has 1 N–H and O–H groups in total. The predicted molar refractivity (Wildman–Crippen MR) is 93.6 cm³/mol. The first-order valence-corrected chi connectivity index (χ1v) is 7.57. The highest BCUT2D eigenvalue weighted by molar-refractivity contribution is 5.98. The number of carbonyl (C=O) groups excluding carboxylic acids is 1.